The molecule has 108 valence electrons. The molecule has 0 aliphatic rings. The highest BCUT2D eigenvalue weighted by Gasteiger charge is 2.05. The zero-order valence-corrected chi connectivity index (χ0v) is 12.9. The van der Waals surface area contributed by atoms with Crippen molar-refractivity contribution in [1.29, 1.82) is 0 Å². The van der Waals surface area contributed by atoms with Crippen LogP contribution in [0.5, 0.6) is 0 Å². The van der Waals surface area contributed by atoms with Crippen molar-refractivity contribution in [3.63, 3.8) is 0 Å². The Labute approximate surface area is 119 Å². The quantitative estimate of drug-likeness (QED) is 0.649. The molecule has 1 aromatic rings. The van der Waals surface area contributed by atoms with Gasteiger partial charge in [-0.25, -0.2) is 0 Å². The van der Waals surface area contributed by atoms with E-state index in [4.69, 9.17) is 0 Å². The maximum absolute atomic E-state index is 3.21. The predicted octanol–water partition coefficient (Wildman–Crippen LogP) is 3.53. The molecule has 0 saturated carbocycles. The van der Waals surface area contributed by atoms with E-state index >= 15 is 0 Å². The van der Waals surface area contributed by atoms with Crippen molar-refractivity contribution >= 4 is 0 Å². The molecule has 0 radical (unpaired) electrons. The molecule has 0 aromatic heterocycles. The van der Waals surface area contributed by atoms with Gasteiger partial charge in [-0.05, 0) is 51.5 Å². The van der Waals surface area contributed by atoms with Crippen molar-refractivity contribution < 1.29 is 0 Å². The molecule has 1 atom stereocenters. The Morgan fingerprint density at radius 2 is 1.84 bits per heavy atom. The Balaban J connectivity index is 2.10. The number of rotatable bonds is 10. The molecule has 1 rings (SSSR count). The van der Waals surface area contributed by atoms with Crippen LogP contribution in [0, 0.1) is 5.92 Å². The van der Waals surface area contributed by atoms with Gasteiger partial charge < -0.3 is 10.2 Å². The topological polar surface area (TPSA) is 15.3 Å². The van der Waals surface area contributed by atoms with E-state index in [1.807, 2.05) is 7.05 Å². The predicted molar refractivity (Wildman–Crippen MR) is 84.3 cm³/mol. The minimum atomic E-state index is 0.843. The van der Waals surface area contributed by atoms with Crippen molar-refractivity contribution in [2.75, 3.05) is 27.2 Å². The van der Waals surface area contributed by atoms with E-state index in [0.717, 1.165) is 19.0 Å². The molecule has 2 heteroatoms. The van der Waals surface area contributed by atoms with E-state index in [0.29, 0.717) is 0 Å². The van der Waals surface area contributed by atoms with Crippen molar-refractivity contribution in [2.45, 2.75) is 39.2 Å². The maximum atomic E-state index is 3.21. The molecule has 2 nitrogen and oxygen atoms in total. The van der Waals surface area contributed by atoms with E-state index in [-0.39, 0.29) is 0 Å². The van der Waals surface area contributed by atoms with Crippen molar-refractivity contribution in [2.24, 2.45) is 5.92 Å². The molecule has 19 heavy (non-hydrogen) atoms. The lowest BCUT2D eigenvalue weighted by Crippen LogP contribution is -2.20. The first kappa shape index (κ1) is 16.2. The lowest BCUT2D eigenvalue weighted by Gasteiger charge is -2.19. The normalized spacial score (nSPS) is 12.8. The van der Waals surface area contributed by atoms with E-state index in [2.05, 4.69) is 54.5 Å². The lowest BCUT2D eigenvalue weighted by atomic mass is 10.0. The molecule has 1 unspecified atom stereocenters. The summed E-state index contributed by atoms with van der Waals surface area (Å²) in [6, 6.07) is 10.7. The second-order valence-electron chi connectivity index (χ2n) is 5.72. The van der Waals surface area contributed by atoms with E-state index in [1.165, 1.54) is 37.8 Å². The Bertz CT molecular complexity index is 310. The summed E-state index contributed by atoms with van der Waals surface area (Å²) in [5.74, 6) is 0.843. The third-order valence-electron chi connectivity index (χ3n) is 3.67. The number of nitrogens with zero attached hydrogens (tertiary/aromatic N) is 1. The second kappa shape index (κ2) is 9.99. The standard InChI is InChI=1S/C17H30N2/c1-16(9-7-8-13-18-2)12-14-19(3)15-17-10-5-4-6-11-17/h4-6,10-11,16,18H,7-9,12-15H2,1-3H3. The zero-order valence-electron chi connectivity index (χ0n) is 12.9. The van der Waals surface area contributed by atoms with Crippen LogP contribution in [-0.2, 0) is 6.54 Å². The monoisotopic (exact) mass is 262 g/mol. The minimum absolute atomic E-state index is 0.843. The third-order valence-corrected chi connectivity index (χ3v) is 3.67. The fraction of sp³-hybridized carbons (Fsp3) is 0.647. The second-order valence-corrected chi connectivity index (χ2v) is 5.72. The third kappa shape index (κ3) is 8.02. The molecule has 0 amide bonds. The zero-order chi connectivity index (χ0) is 13.9. The average molecular weight is 262 g/mol. The summed E-state index contributed by atoms with van der Waals surface area (Å²) >= 11 is 0. The SMILES string of the molecule is CNCCCCC(C)CCN(C)Cc1ccccc1. The summed E-state index contributed by atoms with van der Waals surface area (Å²) in [5, 5.41) is 3.21. The number of nitrogens with one attached hydrogen (secondary N) is 1. The minimum Gasteiger partial charge on any atom is -0.320 e. The summed E-state index contributed by atoms with van der Waals surface area (Å²) in [5.41, 5.74) is 1.41. The Morgan fingerprint density at radius 3 is 2.53 bits per heavy atom. The smallest absolute Gasteiger partial charge is 0.0230 e. The van der Waals surface area contributed by atoms with Gasteiger partial charge in [0.05, 0.1) is 0 Å². The molecular weight excluding hydrogens is 232 g/mol. The van der Waals surface area contributed by atoms with Crippen LogP contribution in [0.25, 0.3) is 0 Å². The highest BCUT2D eigenvalue weighted by molar-refractivity contribution is 5.14. The number of hydrogen-bond acceptors (Lipinski definition) is 2. The largest absolute Gasteiger partial charge is 0.320 e. The van der Waals surface area contributed by atoms with Gasteiger partial charge in [0.25, 0.3) is 0 Å². The van der Waals surface area contributed by atoms with Crippen LogP contribution in [0.2, 0.25) is 0 Å². The number of hydrogen-bond donors (Lipinski definition) is 1. The summed E-state index contributed by atoms with van der Waals surface area (Å²) in [6.07, 6.45) is 5.33. The van der Waals surface area contributed by atoms with Crippen LogP contribution in [0.15, 0.2) is 30.3 Å². The van der Waals surface area contributed by atoms with Gasteiger partial charge in [0.15, 0.2) is 0 Å². The number of unbranched alkanes of at least 4 members (excludes halogenated alkanes) is 1. The average Bonchev–Trinajstić information content (AvgIpc) is 2.42. The van der Waals surface area contributed by atoms with Crippen LogP contribution in [0.1, 0.15) is 38.2 Å². The van der Waals surface area contributed by atoms with Gasteiger partial charge in [-0.2, -0.15) is 0 Å². The molecule has 0 aliphatic carbocycles. The van der Waals surface area contributed by atoms with Crippen LogP contribution in [0.3, 0.4) is 0 Å². The van der Waals surface area contributed by atoms with Crippen LogP contribution >= 0.6 is 0 Å². The summed E-state index contributed by atoms with van der Waals surface area (Å²) < 4.78 is 0. The van der Waals surface area contributed by atoms with Crippen LogP contribution in [0.4, 0.5) is 0 Å². The van der Waals surface area contributed by atoms with Crippen molar-refractivity contribution in [1.82, 2.24) is 10.2 Å². The molecule has 0 bridgehead atoms. The van der Waals surface area contributed by atoms with E-state index in [1.54, 1.807) is 0 Å². The van der Waals surface area contributed by atoms with Gasteiger partial charge in [0, 0.05) is 6.54 Å². The highest BCUT2D eigenvalue weighted by atomic mass is 15.1. The van der Waals surface area contributed by atoms with Gasteiger partial charge in [-0.1, -0.05) is 50.1 Å². The lowest BCUT2D eigenvalue weighted by molar-refractivity contribution is 0.292. The van der Waals surface area contributed by atoms with Crippen molar-refractivity contribution in [3.05, 3.63) is 35.9 Å². The van der Waals surface area contributed by atoms with Gasteiger partial charge in [-0.15, -0.1) is 0 Å². The first-order chi connectivity index (χ1) is 9.22. The molecule has 1 aromatic carbocycles. The van der Waals surface area contributed by atoms with Gasteiger partial charge in [0.1, 0.15) is 0 Å². The first-order valence-corrected chi connectivity index (χ1v) is 7.59. The van der Waals surface area contributed by atoms with Crippen LogP contribution < -0.4 is 5.32 Å². The molecule has 0 aliphatic heterocycles. The van der Waals surface area contributed by atoms with Gasteiger partial charge >= 0.3 is 0 Å². The summed E-state index contributed by atoms with van der Waals surface area (Å²) in [4.78, 5) is 2.43. The van der Waals surface area contributed by atoms with Gasteiger partial charge in [-0.3, -0.25) is 0 Å². The van der Waals surface area contributed by atoms with Crippen LogP contribution in [-0.4, -0.2) is 32.1 Å². The molecular formula is C17H30N2. The molecule has 0 spiro atoms. The fourth-order valence-electron chi connectivity index (χ4n) is 2.35. The van der Waals surface area contributed by atoms with Crippen molar-refractivity contribution in [3.8, 4) is 0 Å². The molecule has 0 saturated heterocycles. The Hall–Kier alpha value is -0.860. The fourth-order valence-corrected chi connectivity index (χ4v) is 2.35. The summed E-state index contributed by atoms with van der Waals surface area (Å²) in [7, 11) is 4.25. The Kier molecular flexibility index (Phi) is 8.52. The number of benzene rings is 1. The van der Waals surface area contributed by atoms with E-state index in [9.17, 15) is 0 Å². The highest BCUT2D eigenvalue weighted by Crippen LogP contribution is 2.13. The van der Waals surface area contributed by atoms with Gasteiger partial charge in [0.2, 0.25) is 0 Å². The molecule has 0 heterocycles. The van der Waals surface area contributed by atoms with E-state index < -0.39 is 0 Å². The Morgan fingerprint density at radius 1 is 1.11 bits per heavy atom. The molecule has 0 fully saturated rings. The molecule has 1 N–H and O–H groups in total. The first-order valence-electron chi connectivity index (χ1n) is 7.59. The maximum Gasteiger partial charge on any atom is 0.0230 e. The summed E-state index contributed by atoms with van der Waals surface area (Å²) in [6.45, 7) is 5.80.